The fraction of sp³-hybridized carbons (Fsp3) is 0.0571. The molecule has 0 aliphatic heterocycles. The molecule has 6 rings (SSSR count). The number of benzene rings is 6. The number of hydrogen-bond donors (Lipinski definition) is 8. The summed E-state index contributed by atoms with van der Waals surface area (Å²) in [7, 11) is -18.6. The van der Waals surface area contributed by atoms with E-state index in [4.69, 9.17) is 0 Å². The molecular weight excluding hydrogens is 813 g/mol. The zero-order valence-electron chi connectivity index (χ0n) is 28.8. The molecule has 6 aromatic carbocycles. The van der Waals surface area contributed by atoms with Crippen LogP contribution >= 0.6 is 0 Å². The Morgan fingerprint density at radius 3 is 1.16 bits per heavy atom. The van der Waals surface area contributed by atoms with Crippen LogP contribution in [0.25, 0.3) is 21.5 Å². The van der Waals surface area contributed by atoms with E-state index in [1.807, 2.05) is 0 Å². The van der Waals surface area contributed by atoms with Crippen molar-refractivity contribution in [3.8, 4) is 11.5 Å². The van der Waals surface area contributed by atoms with Gasteiger partial charge in [0.2, 0.25) is 0 Å². The number of amides is 2. The summed E-state index contributed by atoms with van der Waals surface area (Å²) in [4.78, 5) is 11.1. The third-order valence-corrected chi connectivity index (χ3v) is 12.9. The third kappa shape index (κ3) is 8.17. The minimum absolute atomic E-state index is 0.0632. The molecule has 17 nitrogen and oxygen atoms in total. The Bertz CT molecular complexity index is 2880. The lowest BCUT2D eigenvalue weighted by molar-refractivity contribution is 0.250. The predicted octanol–water partition coefficient (Wildman–Crippen LogP) is 5.38. The highest BCUT2D eigenvalue weighted by Crippen LogP contribution is 2.37. The van der Waals surface area contributed by atoms with E-state index >= 15 is 0 Å². The second kappa shape index (κ2) is 14.3. The van der Waals surface area contributed by atoms with Crippen LogP contribution in [0.4, 0.5) is 27.5 Å². The maximum Gasteiger partial charge on any atom is 0.342 e. The third-order valence-electron chi connectivity index (χ3n) is 8.56. The van der Waals surface area contributed by atoms with E-state index in [9.17, 15) is 57.8 Å². The molecule has 0 aromatic heterocycles. The van der Waals surface area contributed by atoms with Crippen molar-refractivity contribution in [1.82, 2.24) is 9.44 Å². The number of hydrogen-bond acceptors (Lipinski definition) is 13. The molecule has 8 N–H and O–H groups in total. The first-order chi connectivity index (χ1) is 26.0. The molecule has 0 saturated carbocycles. The number of anilines is 4. The van der Waals surface area contributed by atoms with E-state index in [0.717, 1.165) is 24.3 Å². The fourth-order valence-electron chi connectivity index (χ4n) is 5.64. The number of phenols is 2. The number of rotatable bonds is 10. The number of fused-ring (bicyclic) bond motifs is 2. The number of phenolic OH excluding ortho intramolecular Hbond substituents is 2. The first kappa shape index (κ1) is 39.7. The summed E-state index contributed by atoms with van der Waals surface area (Å²) in [6, 6.07) is 18.3. The van der Waals surface area contributed by atoms with Crippen molar-refractivity contribution in [2.24, 2.45) is 0 Å². The monoisotopic (exact) mass is 842 g/mol. The molecule has 0 saturated heterocycles. The normalized spacial score (nSPS) is 12.4. The smallest absolute Gasteiger partial charge is 0.342 e. The summed E-state index contributed by atoms with van der Waals surface area (Å²) in [5, 5.41) is 27.5. The standard InChI is InChI=1S/C35H30N4O13S4/c1-19-3-5-21(17-31(19)36-29-11-13-33(40)27-15-23(55(47,48)49)7-9-25(27)29)53(43,44)38-35(42)39-54(45,46)22-6-4-20(2)32(18-22)37-30-12-14-34(41)28-16-24(56(50,51)52)8-10-26(28)30/h3-18,36-37,40-41H,1-2H3,(H2,38,39,42)(H,47,48,49)(H,50,51,52). The van der Waals surface area contributed by atoms with Crippen LogP contribution in [0.15, 0.2) is 117 Å². The number of carbonyl (C=O) groups is 1. The average Bonchev–Trinajstić information content (AvgIpc) is 3.10. The number of sulfonamides is 2. The van der Waals surface area contributed by atoms with Gasteiger partial charge in [0.15, 0.2) is 0 Å². The van der Waals surface area contributed by atoms with Crippen molar-refractivity contribution in [3.63, 3.8) is 0 Å². The lowest BCUT2D eigenvalue weighted by Crippen LogP contribution is -2.42. The summed E-state index contributed by atoms with van der Waals surface area (Å²) in [5.74, 6) is -0.588. The van der Waals surface area contributed by atoms with Gasteiger partial charge in [-0.15, -0.1) is 0 Å². The topological polar surface area (TPSA) is 283 Å². The van der Waals surface area contributed by atoms with Crippen LogP contribution < -0.4 is 20.1 Å². The molecule has 0 radical (unpaired) electrons. The summed E-state index contributed by atoms with van der Waals surface area (Å²) in [6.07, 6.45) is 0. The van der Waals surface area contributed by atoms with Gasteiger partial charge >= 0.3 is 6.03 Å². The van der Waals surface area contributed by atoms with Gasteiger partial charge in [-0.3, -0.25) is 9.11 Å². The fourth-order valence-corrected chi connectivity index (χ4v) is 8.59. The van der Waals surface area contributed by atoms with Gasteiger partial charge in [-0.25, -0.2) is 31.1 Å². The van der Waals surface area contributed by atoms with Crippen molar-refractivity contribution in [2.75, 3.05) is 10.6 Å². The Balaban J connectivity index is 1.21. The van der Waals surface area contributed by atoms with Crippen LogP contribution in [0.2, 0.25) is 0 Å². The Kier molecular flexibility index (Phi) is 10.1. The number of urea groups is 1. The van der Waals surface area contributed by atoms with E-state index in [1.165, 1.54) is 72.8 Å². The lowest BCUT2D eigenvalue weighted by atomic mass is 10.1. The molecule has 0 fully saturated rings. The Morgan fingerprint density at radius 1 is 0.446 bits per heavy atom. The van der Waals surface area contributed by atoms with Crippen molar-refractivity contribution in [2.45, 2.75) is 33.4 Å². The molecule has 6 aromatic rings. The molecule has 292 valence electrons. The van der Waals surface area contributed by atoms with Gasteiger partial charge in [-0.05, 0) is 97.8 Å². The molecule has 0 spiro atoms. The van der Waals surface area contributed by atoms with Crippen LogP contribution in [0, 0.1) is 13.8 Å². The van der Waals surface area contributed by atoms with Crippen molar-refractivity contribution < 1.29 is 57.8 Å². The van der Waals surface area contributed by atoms with Crippen molar-refractivity contribution in [3.05, 3.63) is 108 Å². The Hall–Kier alpha value is -5.97. The highest BCUT2D eigenvalue weighted by molar-refractivity contribution is 7.91. The Labute approximate surface area is 320 Å². The molecule has 0 atom stereocenters. The minimum Gasteiger partial charge on any atom is -0.507 e. The molecule has 0 aliphatic rings. The molecule has 0 unspecified atom stereocenters. The first-order valence-electron chi connectivity index (χ1n) is 15.8. The first-order valence-corrected chi connectivity index (χ1v) is 21.7. The van der Waals surface area contributed by atoms with Gasteiger partial charge in [0.05, 0.1) is 19.6 Å². The van der Waals surface area contributed by atoms with Crippen LogP contribution in [0.3, 0.4) is 0 Å². The van der Waals surface area contributed by atoms with Crippen LogP contribution in [0.1, 0.15) is 11.1 Å². The zero-order valence-corrected chi connectivity index (χ0v) is 32.1. The van der Waals surface area contributed by atoms with E-state index in [2.05, 4.69) is 10.6 Å². The largest absolute Gasteiger partial charge is 0.507 e. The quantitative estimate of drug-likeness (QED) is 0.0635. The van der Waals surface area contributed by atoms with Gasteiger partial charge in [0.1, 0.15) is 11.5 Å². The SMILES string of the molecule is Cc1ccc(S(=O)(=O)NC(=O)NS(=O)(=O)c2ccc(C)c(Nc3ccc(O)c4cc(S(=O)(=O)O)ccc34)c2)cc1Nc1ccc(O)c2cc(S(=O)(=O)O)ccc12. The number of carbonyl (C=O) groups excluding carboxylic acids is 1. The molecule has 56 heavy (non-hydrogen) atoms. The van der Waals surface area contributed by atoms with Crippen LogP contribution in [-0.2, 0) is 40.3 Å². The second-order valence-corrected chi connectivity index (χ2v) is 18.6. The highest BCUT2D eigenvalue weighted by atomic mass is 32.2. The van der Waals surface area contributed by atoms with Gasteiger partial charge in [-0.1, -0.05) is 24.3 Å². The summed E-state index contributed by atoms with van der Waals surface area (Å²) < 4.78 is 122. The van der Waals surface area contributed by atoms with E-state index < -0.39 is 65.9 Å². The number of aryl methyl sites for hydroxylation is 2. The molecular formula is C35H30N4O13S4. The van der Waals surface area contributed by atoms with Crippen LogP contribution in [0.5, 0.6) is 11.5 Å². The van der Waals surface area contributed by atoms with E-state index in [-0.39, 0.29) is 33.6 Å². The van der Waals surface area contributed by atoms with Gasteiger partial charge < -0.3 is 20.8 Å². The molecule has 0 heterocycles. The zero-order chi connectivity index (χ0) is 41.0. The maximum absolute atomic E-state index is 13.3. The summed E-state index contributed by atoms with van der Waals surface area (Å²) >= 11 is 0. The minimum atomic E-state index is -4.70. The van der Waals surface area contributed by atoms with E-state index in [0.29, 0.717) is 33.3 Å². The Morgan fingerprint density at radius 2 is 0.804 bits per heavy atom. The molecule has 0 bridgehead atoms. The van der Waals surface area contributed by atoms with Crippen molar-refractivity contribution >= 4 is 90.6 Å². The summed E-state index contributed by atoms with van der Waals surface area (Å²) in [5.41, 5.74) is 2.10. The van der Waals surface area contributed by atoms with Gasteiger partial charge in [0, 0.05) is 44.3 Å². The van der Waals surface area contributed by atoms with Gasteiger partial charge in [-0.2, -0.15) is 16.8 Å². The maximum atomic E-state index is 13.3. The number of aromatic hydroxyl groups is 2. The summed E-state index contributed by atoms with van der Waals surface area (Å²) in [6.45, 7) is 3.28. The van der Waals surface area contributed by atoms with E-state index in [1.54, 1.807) is 23.3 Å². The predicted molar refractivity (Wildman–Crippen MR) is 206 cm³/mol. The molecule has 2 amide bonds. The van der Waals surface area contributed by atoms with Crippen LogP contribution in [-0.4, -0.2) is 59.0 Å². The number of nitrogens with one attached hydrogen (secondary N) is 4. The van der Waals surface area contributed by atoms with Crippen molar-refractivity contribution in [1.29, 1.82) is 0 Å². The average molecular weight is 843 g/mol. The lowest BCUT2D eigenvalue weighted by Gasteiger charge is -2.16. The second-order valence-electron chi connectivity index (χ2n) is 12.4. The van der Waals surface area contributed by atoms with Gasteiger partial charge in [0.25, 0.3) is 40.3 Å². The molecule has 21 heteroatoms. The molecule has 0 aliphatic carbocycles. The highest BCUT2D eigenvalue weighted by Gasteiger charge is 2.25.